The molecule has 3 aromatic rings. The van der Waals surface area contributed by atoms with Crippen molar-refractivity contribution in [3.05, 3.63) is 64.9 Å². The Hall–Kier alpha value is -2.62. The van der Waals surface area contributed by atoms with Gasteiger partial charge in [0.25, 0.3) is 0 Å². The Morgan fingerprint density at radius 1 is 1.16 bits per heavy atom. The average Bonchev–Trinajstić information content (AvgIpc) is 2.64. The summed E-state index contributed by atoms with van der Waals surface area (Å²) >= 11 is 7.19. The second kappa shape index (κ2) is 7.51. The normalized spacial score (nSPS) is 10.3. The first kappa shape index (κ1) is 17.2. The minimum Gasteiger partial charge on any atom is -0.339 e. The lowest BCUT2D eigenvalue weighted by Gasteiger charge is -2.12. The van der Waals surface area contributed by atoms with E-state index < -0.39 is 5.82 Å². The number of hydrogen-bond donors (Lipinski definition) is 1. The Bertz CT molecular complexity index is 957. The van der Waals surface area contributed by atoms with Crippen LogP contribution in [0.15, 0.2) is 53.7 Å². The highest BCUT2D eigenvalue weighted by atomic mass is 35.5. The molecule has 1 aromatic heterocycles. The number of anilines is 2. The van der Waals surface area contributed by atoms with Gasteiger partial charge in [0.1, 0.15) is 17.4 Å². The van der Waals surface area contributed by atoms with Gasteiger partial charge in [-0.05, 0) is 24.5 Å². The molecule has 0 spiro atoms. The molecule has 0 aliphatic rings. The van der Waals surface area contributed by atoms with Gasteiger partial charge in [-0.2, -0.15) is 5.26 Å². The van der Waals surface area contributed by atoms with E-state index >= 15 is 0 Å². The Morgan fingerprint density at radius 2 is 1.92 bits per heavy atom. The van der Waals surface area contributed by atoms with E-state index in [1.54, 1.807) is 0 Å². The van der Waals surface area contributed by atoms with E-state index in [-0.39, 0.29) is 5.02 Å². The number of rotatable bonds is 4. The Morgan fingerprint density at radius 3 is 2.56 bits per heavy atom. The molecule has 124 valence electrons. The van der Waals surface area contributed by atoms with Crippen LogP contribution in [-0.2, 0) is 0 Å². The summed E-state index contributed by atoms with van der Waals surface area (Å²) in [5, 5.41) is 13.2. The van der Waals surface area contributed by atoms with Gasteiger partial charge in [-0.1, -0.05) is 53.7 Å². The van der Waals surface area contributed by atoms with Gasteiger partial charge in [0.2, 0.25) is 0 Å². The maximum Gasteiger partial charge on any atom is 0.189 e. The molecule has 0 bridgehead atoms. The number of nitriles is 1. The third-order valence-corrected chi connectivity index (χ3v) is 4.25. The van der Waals surface area contributed by atoms with Crippen molar-refractivity contribution in [3.8, 4) is 17.3 Å². The quantitative estimate of drug-likeness (QED) is 0.500. The van der Waals surface area contributed by atoms with Crippen LogP contribution in [0.25, 0.3) is 11.3 Å². The first-order valence-corrected chi connectivity index (χ1v) is 8.86. The van der Waals surface area contributed by atoms with Crippen LogP contribution in [0.2, 0.25) is 5.02 Å². The molecule has 0 aliphatic carbocycles. The fourth-order valence-electron chi connectivity index (χ4n) is 2.24. The van der Waals surface area contributed by atoms with Crippen LogP contribution in [0.4, 0.5) is 15.9 Å². The molecule has 0 saturated heterocycles. The standard InChI is InChI=1S/C18H12ClFN4S/c1-25-18-23-16(11-5-3-2-4-6-11)13(10-21)17(24-18)22-12-7-8-15(20)14(19)9-12/h2-9H,1H3,(H,22,23,24). The number of benzene rings is 2. The zero-order valence-electron chi connectivity index (χ0n) is 13.1. The van der Waals surface area contributed by atoms with Gasteiger partial charge in [0, 0.05) is 11.3 Å². The van der Waals surface area contributed by atoms with Crippen LogP contribution >= 0.6 is 23.4 Å². The van der Waals surface area contributed by atoms with E-state index in [0.29, 0.717) is 27.9 Å². The highest BCUT2D eigenvalue weighted by molar-refractivity contribution is 7.98. The summed E-state index contributed by atoms with van der Waals surface area (Å²) in [4.78, 5) is 8.85. The average molecular weight is 371 g/mol. The summed E-state index contributed by atoms with van der Waals surface area (Å²) in [6, 6.07) is 15.8. The van der Waals surface area contributed by atoms with Crippen LogP contribution in [0.5, 0.6) is 0 Å². The van der Waals surface area contributed by atoms with Crippen molar-refractivity contribution >= 4 is 34.9 Å². The van der Waals surface area contributed by atoms with Crippen LogP contribution in [0, 0.1) is 17.1 Å². The predicted molar refractivity (Wildman–Crippen MR) is 98.7 cm³/mol. The van der Waals surface area contributed by atoms with Crippen LogP contribution in [0.1, 0.15) is 5.56 Å². The molecule has 0 atom stereocenters. The molecule has 1 N–H and O–H groups in total. The molecule has 0 fully saturated rings. The summed E-state index contributed by atoms with van der Waals surface area (Å²) in [5.41, 5.74) is 2.20. The first-order valence-electron chi connectivity index (χ1n) is 7.26. The lowest BCUT2D eigenvalue weighted by Crippen LogP contribution is -2.03. The molecule has 0 radical (unpaired) electrons. The minimum absolute atomic E-state index is 0.00839. The minimum atomic E-state index is -0.509. The Kier molecular flexibility index (Phi) is 5.17. The number of hydrogen-bond acceptors (Lipinski definition) is 5. The lowest BCUT2D eigenvalue weighted by atomic mass is 10.1. The van der Waals surface area contributed by atoms with Gasteiger partial charge < -0.3 is 5.32 Å². The molecule has 1 heterocycles. The summed E-state index contributed by atoms with van der Waals surface area (Å²) in [6.07, 6.45) is 1.86. The van der Waals surface area contributed by atoms with E-state index in [0.717, 1.165) is 5.56 Å². The zero-order chi connectivity index (χ0) is 17.8. The first-order chi connectivity index (χ1) is 12.1. The van der Waals surface area contributed by atoms with Crippen molar-refractivity contribution in [2.24, 2.45) is 0 Å². The van der Waals surface area contributed by atoms with E-state index in [2.05, 4.69) is 21.4 Å². The van der Waals surface area contributed by atoms with Crippen molar-refractivity contribution in [3.63, 3.8) is 0 Å². The van der Waals surface area contributed by atoms with Gasteiger partial charge >= 0.3 is 0 Å². The van der Waals surface area contributed by atoms with Crippen molar-refractivity contribution in [2.75, 3.05) is 11.6 Å². The van der Waals surface area contributed by atoms with Gasteiger partial charge in [0.15, 0.2) is 11.0 Å². The maximum atomic E-state index is 13.3. The van der Waals surface area contributed by atoms with Gasteiger partial charge in [0.05, 0.1) is 10.7 Å². The number of thioether (sulfide) groups is 1. The zero-order valence-corrected chi connectivity index (χ0v) is 14.7. The summed E-state index contributed by atoms with van der Waals surface area (Å²) in [5.74, 6) is -0.159. The van der Waals surface area contributed by atoms with E-state index in [1.165, 1.54) is 30.0 Å². The van der Waals surface area contributed by atoms with E-state index in [4.69, 9.17) is 11.6 Å². The summed E-state index contributed by atoms with van der Waals surface area (Å²) in [7, 11) is 0. The van der Waals surface area contributed by atoms with E-state index in [9.17, 15) is 9.65 Å². The monoisotopic (exact) mass is 370 g/mol. The fraction of sp³-hybridized carbons (Fsp3) is 0.0556. The topological polar surface area (TPSA) is 61.6 Å². The Balaban J connectivity index is 2.12. The second-order valence-electron chi connectivity index (χ2n) is 5.01. The predicted octanol–water partition coefficient (Wildman–Crippen LogP) is 5.27. The third-order valence-electron chi connectivity index (χ3n) is 3.41. The van der Waals surface area contributed by atoms with Gasteiger partial charge in [-0.3, -0.25) is 0 Å². The van der Waals surface area contributed by atoms with Crippen LogP contribution in [0.3, 0.4) is 0 Å². The number of nitrogens with zero attached hydrogens (tertiary/aromatic N) is 3. The molecule has 0 aliphatic heterocycles. The largest absolute Gasteiger partial charge is 0.339 e. The SMILES string of the molecule is CSc1nc(Nc2ccc(F)c(Cl)c2)c(C#N)c(-c2ccccc2)n1. The van der Waals surface area contributed by atoms with Gasteiger partial charge in [-0.15, -0.1) is 0 Å². The second-order valence-corrected chi connectivity index (χ2v) is 6.19. The molecular formula is C18H12ClFN4S. The maximum absolute atomic E-state index is 13.3. The Labute approximate surface area is 153 Å². The summed E-state index contributed by atoms with van der Waals surface area (Å²) < 4.78 is 13.3. The van der Waals surface area contributed by atoms with Crippen molar-refractivity contribution in [1.82, 2.24) is 9.97 Å². The van der Waals surface area contributed by atoms with Gasteiger partial charge in [-0.25, -0.2) is 14.4 Å². The third kappa shape index (κ3) is 3.73. The lowest BCUT2D eigenvalue weighted by molar-refractivity contribution is 0.628. The molecule has 0 saturated carbocycles. The number of nitrogens with one attached hydrogen (secondary N) is 1. The molecule has 3 rings (SSSR count). The molecular weight excluding hydrogens is 359 g/mol. The molecule has 7 heteroatoms. The van der Waals surface area contributed by atoms with E-state index in [1.807, 2.05) is 36.6 Å². The highest BCUT2D eigenvalue weighted by Crippen LogP contribution is 2.30. The van der Waals surface area contributed by atoms with Crippen molar-refractivity contribution in [2.45, 2.75) is 5.16 Å². The molecule has 0 unspecified atom stereocenters. The highest BCUT2D eigenvalue weighted by Gasteiger charge is 2.16. The molecule has 0 amide bonds. The van der Waals surface area contributed by atoms with Crippen molar-refractivity contribution < 1.29 is 4.39 Å². The smallest absolute Gasteiger partial charge is 0.189 e. The molecule has 4 nitrogen and oxygen atoms in total. The van der Waals surface area contributed by atoms with Crippen LogP contribution < -0.4 is 5.32 Å². The summed E-state index contributed by atoms with van der Waals surface area (Å²) in [6.45, 7) is 0. The fourth-order valence-corrected chi connectivity index (χ4v) is 2.79. The van der Waals surface area contributed by atoms with Crippen LogP contribution in [-0.4, -0.2) is 16.2 Å². The molecule has 2 aromatic carbocycles. The number of halogens is 2. The van der Waals surface area contributed by atoms with Crippen molar-refractivity contribution in [1.29, 1.82) is 5.26 Å². The number of aromatic nitrogens is 2. The molecule has 25 heavy (non-hydrogen) atoms.